The van der Waals surface area contributed by atoms with Gasteiger partial charge in [-0.05, 0) is 44.9 Å². The van der Waals surface area contributed by atoms with Gasteiger partial charge in [0.05, 0.1) is 0 Å². The van der Waals surface area contributed by atoms with Gasteiger partial charge in [-0.3, -0.25) is 4.79 Å². The molecule has 7 heteroatoms. The number of benzene rings is 1. The lowest BCUT2D eigenvalue weighted by Gasteiger charge is -2.32. The smallest absolute Gasteiger partial charge is 0.253 e. The Bertz CT molecular complexity index is 888. The van der Waals surface area contributed by atoms with Crippen LogP contribution in [0.25, 0.3) is 11.0 Å². The van der Waals surface area contributed by atoms with Gasteiger partial charge < -0.3 is 9.47 Å². The molecular formula is C18H22N6O. The van der Waals surface area contributed by atoms with E-state index in [0.29, 0.717) is 17.5 Å². The summed E-state index contributed by atoms with van der Waals surface area (Å²) < 4.78 is 2.24. The molecule has 7 nitrogen and oxygen atoms in total. The van der Waals surface area contributed by atoms with Crippen LogP contribution in [0.15, 0.2) is 30.6 Å². The van der Waals surface area contributed by atoms with E-state index in [1.54, 1.807) is 6.07 Å². The minimum Gasteiger partial charge on any atom is -0.339 e. The SMILES string of the molecule is CC(C)n1ccnc1C1CCN(C(=O)c2ccc3n[nH]nc3c2)CC1. The first-order valence-electron chi connectivity index (χ1n) is 8.76. The third kappa shape index (κ3) is 2.90. The lowest BCUT2D eigenvalue weighted by molar-refractivity contribution is 0.0710. The van der Waals surface area contributed by atoms with Crippen LogP contribution in [0.4, 0.5) is 0 Å². The van der Waals surface area contributed by atoms with Crippen LogP contribution in [0.1, 0.15) is 54.8 Å². The van der Waals surface area contributed by atoms with Crippen LogP contribution in [0, 0.1) is 0 Å². The molecule has 0 saturated carbocycles. The van der Waals surface area contributed by atoms with Crippen LogP contribution in [0.3, 0.4) is 0 Å². The fourth-order valence-electron chi connectivity index (χ4n) is 3.57. The number of hydrogen-bond donors (Lipinski definition) is 1. The number of amides is 1. The van der Waals surface area contributed by atoms with Crippen molar-refractivity contribution in [2.75, 3.05) is 13.1 Å². The molecule has 0 bridgehead atoms. The fourth-order valence-corrected chi connectivity index (χ4v) is 3.57. The van der Waals surface area contributed by atoms with Crippen molar-refractivity contribution in [3.63, 3.8) is 0 Å². The predicted octanol–water partition coefficient (Wildman–Crippen LogP) is 2.76. The molecule has 0 radical (unpaired) electrons. The minimum absolute atomic E-state index is 0.0653. The average molecular weight is 338 g/mol. The first-order chi connectivity index (χ1) is 12.1. The Balaban J connectivity index is 1.46. The van der Waals surface area contributed by atoms with Crippen molar-refractivity contribution in [2.24, 2.45) is 0 Å². The van der Waals surface area contributed by atoms with Gasteiger partial charge in [-0.1, -0.05) is 0 Å². The topological polar surface area (TPSA) is 79.7 Å². The van der Waals surface area contributed by atoms with E-state index in [-0.39, 0.29) is 5.91 Å². The number of imidazole rings is 1. The van der Waals surface area contributed by atoms with Gasteiger partial charge in [0.1, 0.15) is 16.9 Å². The van der Waals surface area contributed by atoms with Crippen molar-refractivity contribution < 1.29 is 4.79 Å². The monoisotopic (exact) mass is 338 g/mol. The normalized spacial score (nSPS) is 16.0. The van der Waals surface area contributed by atoms with Crippen molar-refractivity contribution in [1.29, 1.82) is 0 Å². The first kappa shape index (κ1) is 15.8. The summed E-state index contributed by atoms with van der Waals surface area (Å²) in [6.45, 7) is 5.85. The van der Waals surface area contributed by atoms with E-state index < -0.39 is 0 Å². The molecule has 1 fully saturated rings. The maximum Gasteiger partial charge on any atom is 0.253 e. The van der Waals surface area contributed by atoms with Crippen molar-refractivity contribution in [3.8, 4) is 0 Å². The molecule has 0 atom stereocenters. The summed E-state index contributed by atoms with van der Waals surface area (Å²) in [4.78, 5) is 19.3. The van der Waals surface area contributed by atoms with E-state index in [1.165, 1.54) is 0 Å². The molecule has 0 spiro atoms. The first-order valence-corrected chi connectivity index (χ1v) is 8.76. The molecule has 1 amide bonds. The number of hydrogen-bond acceptors (Lipinski definition) is 4. The molecule has 0 unspecified atom stereocenters. The average Bonchev–Trinajstić information content (AvgIpc) is 3.29. The molecule has 1 saturated heterocycles. The number of carbonyl (C=O) groups excluding carboxylic acids is 1. The maximum absolute atomic E-state index is 12.8. The standard InChI is InChI=1S/C18H22N6O/c1-12(2)24-10-7-19-17(24)13-5-8-23(9-6-13)18(25)14-3-4-15-16(11-14)21-22-20-15/h3-4,7,10-13H,5-6,8-9H2,1-2H3,(H,20,21,22). The number of nitrogens with zero attached hydrogens (tertiary/aromatic N) is 5. The van der Waals surface area contributed by atoms with Crippen molar-refractivity contribution in [1.82, 2.24) is 29.9 Å². The number of nitrogens with one attached hydrogen (secondary N) is 1. The van der Waals surface area contributed by atoms with Crippen LogP contribution in [-0.4, -0.2) is 48.9 Å². The molecule has 1 aliphatic heterocycles. The zero-order chi connectivity index (χ0) is 17.4. The van der Waals surface area contributed by atoms with Crippen LogP contribution in [-0.2, 0) is 0 Å². The Labute approximate surface area is 146 Å². The van der Waals surface area contributed by atoms with Gasteiger partial charge in [0.25, 0.3) is 5.91 Å². The lowest BCUT2D eigenvalue weighted by atomic mass is 9.95. The molecule has 2 aromatic heterocycles. The molecule has 0 aliphatic carbocycles. The van der Waals surface area contributed by atoms with Gasteiger partial charge in [-0.25, -0.2) is 4.98 Å². The highest BCUT2D eigenvalue weighted by molar-refractivity contribution is 5.97. The number of carbonyl (C=O) groups is 1. The molecule has 4 rings (SSSR count). The largest absolute Gasteiger partial charge is 0.339 e. The minimum atomic E-state index is 0.0653. The molecule has 130 valence electrons. The molecular weight excluding hydrogens is 316 g/mol. The predicted molar refractivity (Wildman–Crippen MR) is 94.4 cm³/mol. The molecule has 1 N–H and O–H groups in total. The Morgan fingerprint density at radius 2 is 1.96 bits per heavy atom. The number of H-pyrrole nitrogens is 1. The number of piperidine rings is 1. The summed E-state index contributed by atoms with van der Waals surface area (Å²) in [7, 11) is 0. The van der Waals surface area contributed by atoms with E-state index in [2.05, 4.69) is 38.8 Å². The van der Waals surface area contributed by atoms with Gasteiger partial charge in [0.2, 0.25) is 0 Å². The second kappa shape index (κ2) is 6.31. The quantitative estimate of drug-likeness (QED) is 0.796. The summed E-state index contributed by atoms with van der Waals surface area (Å²) in [5.74, 6) is 1.63. The van der Waals surface area contributed by atoms with Crippen LogP contribution >= 0.6 is 0 Å². The third-order valence-electron chi connectivity index (χ3n) is 4.97. The number of rotatable bonds is 3. The summed E-state index contributed by atoms with van der Waals surface area (Å²) >= 11 is 0. The molecule has 25 heavy (non-hydrogen) atoms. The number of aromatic nitrogens is 5. The van der Waals surface area contributed by atoms with Gasteiger partial charge >= 0.3 is 0 Å². The van der Waals surface area contributed by atoms with Crippen molar-refractivity contribution >= 4 is 16.9 Å². The second-order valence-corrected chi connectivity index (χ2v) is 6.88. The highest BCUT2D eigenvalue weighted by atomic mass is 16.2. The third-order valence-corrected chi connectivity index (χ3v) is 4.97. The van der Waals surface area contributed by atoms with E-state index in [0.717, 1.165) is 42.8 Å². The maximum atomic E-state index is 12.8. The summed E-state index contributed by atoms with van der Waals surface area (Å²) in [5.41, 5.74) is 2.17. The van der Waals surface area contributed by atoms with Gasteiger partial charge in [-0.15, -0.1) is 0 Å². The van der Waals surface area contributed by atoms with Gasteiger partial charge in [-0.2, -0.15) is 15.4 Å². The number of likely N-dealkylation sites (tertiary alicyclic amines) is 1. The van der Waals surface area contributed by atoms with Gasteiger partial charge in [0, 0.05) is 43.0 Å². The van der Waals surface area contributed by atoms with Crippen LogP contribution in [0.2, 0.25) is 0 Å². The zero-order valence-corrected chi connectivity index (χ0v) is 14.5. The van der Waals surface area contributed by atoms with E-state index in [1.807, 2.05) is 29.4 Å². The Morgan fingerprint density at radius 1 is 1.20 bits per heavy atom. The van der Waals surface area contributed by atoms with Crippen molar-refractivity contribution in [2.45, 2.75) is 38.6 Å². The lowest BCUT2D eigenvalue weighted by Crippen LogP contribution is -2.38. The highest BCUT2D eigenvalue weighted by Gasteiger charge is 2.27. The number of aromatic amines is 1. The summed E-state index contributed by atoms with van der Waals surface area (Å²) in [6.07, 6.45) is 5.81. The Kier molecular flexibility index (Phi) is 3.99. The highest BCUT2D eigenvalue weighted by Crippen LogP contribution is 2.29. The Hall–Kier alpha value is -2.70. The second-order valence-electron chi connectivity index (χ2n) is 6.88. The van der Waals surface area contributed by atoms with Gasteiger partial charge in [0.15, 0.2) is 0 Å². The molecule has 1 aromatic carbocycles. The fraction of sp³-hybridized carbons (Fsp3) is 0.444. The van der Waals surface area contributed by atoms with Crippen molar-refractivity contribution in [3.05, 3.63) is 42.0 Å². The molecule has 1 aliphatic rings. The van der Waals surface area contributed by atoms with Crippen LogP contribution < -0.4 is 0 Å². The van der Waals surface area contributed by atoms with E-state index >= 15 is 0 Å². The van der Waals surface area contributed by atoms with Crippen LogP contribution in [0.5, 0.6) is 0 Å². The van der Waals surface area contributed by atoms with E-state index in [4.69, 9.17) is 0 Å². The molecule has 3 aromatic rings. The van der Waals surface area contributed by atoms with E-state index in [9.17, 15) is 4.79 Å². The molecule has 3 heterocycles. The number of fused-ring (bicyclic) bond motifs is 1. The Morgan fingerprint density at radius 3 is 2.72 bits per heavy atom. The summed E-state index contributed by atoms with van der Waals surface area (Å²) in [6, 6.07) is 5.87. The zero-order valence-electron chi connectivity index (χ0n) is 14.5. The summed E-state index contributed by atoms with van der Waals surface area (Å²) in [5, 5.41) is 10.7.